The Labute approximate surface area is 193 Å². The summed E-state index contributed by atoms with van der Waals surface area (Å²) < 4.78 is 18.8. The molecule has 3 aromatic rings. The molecule has 33 heavy (non-hydrogen) atoms. The van der Waals surface area contributed by atoms with Crippen LogP contribution in [0.25, 0.3) is 22.2 Å². The molecule has 0 aliphatic carbocycles. The Morgan fingerprint density at radius 1 is 1.21 bits per heavy atom. The van der Waals surface area contributed by atoms with E-state index in [1.807, 2.05) is 74.9 Å². The molecule has 2 heterocycles. The van der Waals surface area contributed by atoms with Crippen LogP contribution >= 0.6 is 0 Å². The molecule has 2 unspecified atom stereocenters. The zero-order valence-corrected chi connectivity index (χ0v) is 19.4. The Kier molecular flexibility index (Phi) is 6.57. The molecule has 1 fully saturated rings. The van der Waals surface area contributed by atoms with Crippen LogP contribution in [0.4, 0.5) is 10.5 Å². The monoisotopic (exact) mass is 447 g/mol. The number of aromatic nitrogens is 1. The number of anilines is 1. The molecule has 1 aliphatic heterocycles. The number of hydrogen-bond donors (Lipinski definition) is 1. The molecule has 0 saturated carbocycles. The van der Waals surface area contributed by atoms with E-state index < -0.39 is 6.09 Å². The fourth-order valence-corrected chi connectivity index (χ4v) is 3.90. The minimum Gasteiger partial charge on any atom is -0.488 e. The van der Waals surface area contributed by atoms with Gasteiger partial charge in [-0.05, 0) is 42.7 Å². The van der Waals surface area contributed by atoms with Crippen LogP contribution < -0.4 is 10.1 Å². The van der Waals surface area contributed by atoms with E-state index >= 15 is 0 Å². The van der Waals surface area contributed by atoms with Crippen LogP contribution in [0, 0.1) is 17.2 Å². The second kappa shape index (κ2) is 9.55. The molecule has 1 aliphatic rings. The van der Waals surface area contributed by atoms with Gasteiger partial charge in [-0.1, -0.05) is 26.0 Å². The lowest BCUT2D eigenvalue weighted by molar-refractivity contribution is 0.0940. The first kappa shape index (κ1) is 22.7. The summed E-state index contributed by atoms with van der Waals surface area (Å²) in [6.07, 6.45) is 0.289. The third-order valence-corrected chi connectivity index (χ3v) is 6.11. The maximum absolute atomic E-state index is 12.1. The summed E-state index contributed by atoms with van der Waals surface area (Å²) >= 11 is 0. The number of ether oxygens (including phenoxy) is 3. The number of hydrogen-bond acceptors (Lipinski definition) is 5. The zero-order chi connectivity index (χ0) is 23.5. The molecular weight excluding hydrogens is 418 g/mol. The molecule has 1 aromatic heterocycles. The van der Waals surface area contributed by atoms with Crippen molar-refractivity contribution in [3.63, 3.8) is 0 Å². The number of fused-ring (bicyclic) bond motifs is 1. The summed E-state index contributed by atoms with van der Waals surface area (Å²) in [5, 5.41) is 13.5. The molecule has 1 N–H and O–H groups in total. The third-order valence-electron chi connectivity index (χ3n) is 6.11. The van der Waals surface area contributed by atoms with Crippen LogP contribution in [0.3, 0.4) is 0 Å². The number of nitrogens with one attached hydrogen (secondary N) is 1. The predicted octanol–water partition coefficient (Wildman–Crippen LogP) is 5.48. The lowest BCUT2D eigenvalue weighted by atomic mass is 10.1. The molecule has 172 valence electrons. The van der Waals surface area contributed by atoms with Gasteiger partial charge in [-0.3, -0.25) is 5.32 Å². The molecule has 7 nitrogen and oxygen atoms in total. The second-order valence-corrected chi connectivity index (χ2v) is 8.73. The highest BCUT2D eigenvalue weighted by molar-refractivity contribution is 5.95. The van der Waals surface area contributed by atoms with Crippen molar-refractivity contribution in [2.75, 3.05) is 18.5 Å². The van der Waals surface area contributed by atoms with Gasteiger partial charge < -0.3 is 18.8 Å². The van der Waals surface area contributed by atoms with Crippen LogP contribution in [0.5, 0.6) is 5.75 Å². The summed E-state index contributed by atoms with van der Waals surface area (Å²) in [5.41, 5.74) is 3.86. The van der Waals surface area contributed by atoms with Crippen molar-refractivity contribution in [2.24, 2.45) is 13.0 Å². The van der Waals surface area contributed by atoms with Crippen molar-refractivity contribution in [1.82, 2.24) is 4.57 Å². The van der Waals surface area contributed by atoms with Crippen molar-refractivity contribution in [2.45, 2.75) is 39.4 Å². The lowest BCUT2D eigenvalue weighted by Gasteiger charge is -2.17. The molecule has 0 radical (unpaired) electrons. The van der Waals surface area contributed by atoms with Gasteiger partial charge in [0.1, 0.15) is 24.0 Å². The van der Waals surface area contributed by atoms with E-state index in [-0.39, 0.29) is 18.1 Å². The zero-order valence-electron chi connectivity index (χ0n) is 19.4. The van der Waals surface area contributed by atoms with Crippen LogP contribution in [-0.4, -0.2) is 36.1 Å². The summed E-state index contributed by atoms with van der Waals surface area (Å²) in [6.45, 7) is 7.20. The highest BCUT2D eigenvalue weighted by atomic mass is 16.6. The van der Waals surface area contributed by atoms with Crippen molar-refractivity contribution in [3.05, 3.63) is 48.0 Å². The van der Waals surface area contributed by atoms with Gasteiger partial charge in [-0.15, -0.1) is 0 Å². The number of nitrogens with zero attached hydrogens (tertiary/aromatic N) is 2. The van der Waals surface area contributed by atoms with Crippen LogP contribution in [0.1, 0.15) is 32.8 Å². The first-order valence-corrected chi connectivity index (χ1v) is 11.2. The van der Waals surface area contributed by atoms with Crippen molar-refractivity contribution in [3.8, 4) is 23.1 Å². The molecule has 2 aromatic carbocycles. The Hall–Kier alpha value is -3.50. The van der Waals surface area contributed by atoms with E-state index in [1.54, 1.807) is 0 Å². The molecule has 1 amide bonds. The second-order valence-electron chi connectivity index (χ2n) is 8.73. The number of aryl methyl sites for hydroxylation is 1. The van der Waals surface area contributed by atoms with Crippen LogP contribution in [-0.2, 0) is 16.5 Å². The highest BCUT2D eigenvalue weighted by Crippen LogP contribution is 2.35. The minimum atomic E-state index is -0.480. The van der Waals surface area contributed by atoms with Gasteiger partial charge in [0, 0.05) is 30.6 Å². The molecule has 7 heteroatoms. The highest BCUT2D eigenvalue weighted by Gasteiger charge is 2.20. The fraction of sp³-hybridized carbons (Fsp3) is 0.385. The van der Waals surface area contributed by atoms with E-state index in [4.69, 9.17) is 14.2 Å². The maximum Gasteiger partial charge on any atom is 0.411 e. The number of amides is 1. The quantitative estimate of drug-likeness (QED) is 0.541. The third kappa shape index (κ3) is 4.81. The SMILES string of the molecule is CC(C)C(C)OC(=O)Nc1ccc(-c2c(C#N)c3ccc(OC4CCOC4)cc3n2C)cc1. The van der Waals surface area contributed by atoms with E-state index in [2.05, 4.69) is 11.4 Å². The van der Waals surface area contributed by atoms with Gasteiger partial charge in [-0.2, -0.15) is 5.26 Å². The van der Waals surface area contributed by atoms with E-state index in [9.17, 15) is 10.1 Å². The first-order chi connectivity index (χ1) is 15.9. The number of rotatable bonds is 6. The van der Waals surface area contributed by atoms with Crippen LogP contribution in [0.2, 0.25) is 0 Å². The van der Waals surface area contributed by atoms with E-state index in [1.165, 1.54) is 0 Å². The average Bonchev–Trinajstić information content (AvgIpc) is 3.40. The summed E-state index contributed by atoms with van der Waals surface area (Å²) in [7, 11) is 1.94. The van der Waals surface area contributed by atoms with E-state index in [0.29, 0.717) is 17.9 Å². The topological polar surface area (TPSA) is 85.5 Å². The number of carbonyl (C=O) groups excluding carboxylic acids is 1. The predicted molar refractivity (Wildman–Crippen MR) is 127 cm³/mol. The standard InChI is InChI=1S/C26H29N3O4/c1-16(2)17(3)32-26(30)28-19-7-5-18(6-8-19)25-23(14-27)22-10-9-20(13-24(22)29(25)4)33-21-11-12-31-15-21/h5-10,13,16-17,21H,11-12,15H2,1-4H3,(H,28,30). The van der Waals surface area contributed by atoms with Gasteiger partial charge in [0.15, 0.2) is 0 Å². The molecule has 0 spiro atoms. The van der Waals surface area contributed by atoms with Crippen molar-refractivity contribution in [1.29, 1.82) is 5.26 Å². The summed E-state index contributed by atoms with van der Waals surface area (Å²) in [4.78, 5) is 12.1. The Morgan fingerprint density at radius 2 is 1.97 bits per heavy atom. The average molecular weight is 448 g/mol. The Morgan fingerprint density at radius 3 is 2.61 bits per heavy atom. The molecule has 2 atom stereocenters. The molecule has 1 saturated heterocycles. The van der Waals surface area contributed by atoms with Crippen molar-refractivity contribution >= 4 is 22.7 Å². The lowest BCUT2D eigenvalue weighted by Crippen LogP contribution is -2.23. The van der Waals surface area contributed by atoms with Gasteiger partial charge >= 0.3 is 6.09 Å². The molecule has 0 bridgehead atoms. The van der Waals surface area contributed by atoms with Gasteiger partial charge in [0.2, 0.25) is 0 Å². The molecular formula is C26H29N3O4. The number of benzene rings is 2. The summed E-state index contributed by atoms with van der Waals surface area (Å²) in [5.74, 6) is 1.01. The smallest absolute Gasteiger partial charge is 0.411 e. The van der Waals surface area contributed by atoms with Gasteiger partial charge in [0.05, 0.1) is 30.0 Å². The minimum absolute atomic E-state index is 0.0629. The normalized spacial score (nSPS) is 16.5. The number of nitriles is 1. The molecule has 4 rings (SSSR count). The Bertz CT molecular complexity index is 1180. The number of carbonyl (C=O) groups is 1. The maximum atomic E-state index is 12.1. The fourth-order valence-electron chi connectivity index (χ4n) is 3.90. The van der Waals surface area contributed by atoms with Gasteiger partial charge in [0.25, 0.3) is 0 Å². The first-order valence-electron chi connectivity index (χ1n) is 11.2. The van der Waals surface area contributed by atoms with Gasteiger partial charge in [-0.25, -0.2) is 4.79 Å². The summed E-state index contributed by atoms with van der Waals surface area (Å²) in [6, 6.07) is 15.6. The largest absolute Gasteiger partial charge is 0.488 e. The van der Waals surface area contributed by atoms with Crippen LogP contribution in [0.15, 0.2) is 42.5 Å². The van der Waals surface area contributed by atoms with Crippen molar-refractivity contribution < 1.29 is 19.0 Å². The van der Waals surface area contributed by atoms with E-state index in [0.717, 1.165) is 40.9 Å². The Balaban J connectivity index is 1.58.